The van der Waals surface area contributed by atoms with Gasteiger partial charge in [0, 0.05) is 6.42 Å². The van der Waals surface area contributed by atoms with Crippen molar-refractivity contribution in [2.45, 2.75) is 26.2 Å². The summed E-state index contributed by atoms with van der Waals surface area (Å²) in [5.74, 6) is -7.16. The molecule has 0 radical (unpaired) electrons. The minimum atomic E-state index is -3.98. The topological polar surface area (TPSA) is 43.4 Å². The van der Waals surface area contributed by atoms with E-state index in [4.69, 9.17) is 0 Å². The van der Waals surface area contributed by atoms with Gasteiger partial charge < -0.3 is 4.74 Å². The van der Waals surface area contributed by atoms with Crippen molar-refractivity contribution in [2.24, 2.45) is 0 Å². The monoisotopic (exact) mass is 180 g/mol. The van der Waals surface area contributed by atoms with E-state index in [1.807, 2.05) is 0 Å². The van der Waals surface area contributed by atoms with Crippen LogP contribution in [-0.4, -0.2) is 24.3 Å². The molecular formula is C7H10F2O3. The summed E-state index contributed by atoms with van der Waals surface area (Å²) < 4.78 is 29.2. The molecule has 0 unspecified atom stereocenters. The van der Waals surface area contributed by atoms with Crippen molar-refractivity contribution >= 4 is 11.8 Å². The van der Waals surface area contributed by atoms with E-state index in [0.29, 0.717) is 0 Å². The van der Waals surface area contributed by atoms with E-state index >= 15 is 0 Å². The zero-order chi connectivity index (χ0) is 9.78. The highest BCUT2D eigenvalue weighted by atomic mass is 19.3. The molecule has 3 nitrogen and oxygen atoms in total. The zero-order valence-corrected chi connectivity index (χ0v) is 6.89. The van der Waals surface area contributed by atoms with Gasteiger partial charge in [0.2, 0.25) is 5.78 Å². The Morgan fingerprint density at radius 1 is 1.33 bits per heavy atom. The van der Waals surface area contributed by atoms with Crippen molar-refractivity contribution in [3.05, 3.63) is 0 Å². The Balaban J connectivity index is 4.38. The van der Waals surface area contributed by atoms with Crippen molar-refractivity contribution in [2.75, 3.05) is 6.61 Å². The van der Waals surface area contributed by atoms with Crippen molar-refractivity contribution < 1.29 is 23.1 Å². The maximum Gasteiger partial charge on any atom is 0.399 e. The molecule has 70 valence electrons. The van der Waals surface area contributed by atoms with Gasteiger partial charge in [-0.15, -0.1) is 0 Å². The zero-order valence-electron chi connectivity index (χ0n) is 6.89. The Kier molecular flexibility index (Phi) is 3.79. The molecule has 0 spiro atoms. The van der Waals surface area contributed by atoms with Crippen molar-refractivity contribution in [3.8, 4) is 0 Å². The van der Waals surface area contributed by atoms with Crippen LogP contribution in [0.1, 0.15) is 20.3 Å². The van der Waals surface area contributed by atoms with Crippen LogP contribution in [0.4, 0.5) is 8.78 Å². The average molecular weight is 180 g/mol. The van der Waals surface area contributed by atoms with Crippen LogP contribution >= 0.6 is 0 Å². The van der Waals surface area contributed by atoms with Gasteiger partial charge in [-0.3, -0.25) is 4.79 Å². The first kappa shape index (κ1) is 11.0. The summed E-state index contributed by atoms with van der Waals surface area (Å²) in [6.07, 6.45) is -0.383. The SMILES string of the molecule is CCOC(=O)C(F)(F)C(=O)CC. The number of rotatable bonds is 4. The predicted molar refractivity (Wildman–Crippen MR) is 36.9 cm³/mol. The summed E-state index contributed by atoms with van der Waals surface area (Å²) in [7, 11) is 0. The lowest BCUT2D eigenvalue weighted by atomic mass is 10.2. The summed E-state index contributed by atoms with van der Waals surface area (Å²) in [5, 5.41) is 0. The molecule has 0 N–H and O–H groups in total. The highest BCUT2D eigenvalue weighted by Gasteiger charge is 2.47. The summed E-state index contributed by atoms with van der Waals surface area (Å²) >= 11 is 0. The second-order valence-electron chi connectivity index (χ2n) is 2.07. The predicted octanol–water partition coefficient (Wildman–Crippen LogP) is 1.16. The number of ether oxygens (including phenoxy) is 1. The molecule has 0 aliphatic heterocycles. The van der Waals surface area contributed by atoms with Crippen LogP contribution < -0.4 is 0 Å². The Morgan fingerprint density at radius 2 is 1.83 bits per heavy atom. The lowest BCUT2D eigenvalue weighted by molar-refractivity contribution is -0.176. The number of halogens is 2. The van der Waals surface area contributed by atoms with Gasteiger partial charge in [-0.05, 0) is 6.92 Å². The number of carbonyl (C=O) groups excluding carboxylic acids is 2. The number of carbonyl (C=O) groups is 2. The summed E-state index contributed by atoms with van der Waals surface area (Å²) in [6, 6.07) is 0. The van der Waals surface area contributed by atoms with Crippen LogP contribution in [0.15, 0.2) is 0 Å². The number of hydrogen-bond donors (Lipinski definition) is 0. The number of hydrogen-bond acceptors (Lipinski definition) is 3. The van der Waals surface area contributed by atoms with Gasteiger partial charge in [0.15, 0.2) is 0 Å². The van der Waals surface area contributed by atoms with E-state index in [1.54, 1.807) is 0 Å². The molecular weight excluding hydrogens is 170 g/mol. The van der Waals surface area contributed by atoms with E-state index in [9.17, 15) is 18.4 Å². The number of alkyl halides is 2. The maximum absolute atomic E-state index is 12.6. The van der Waals surface area contributed by atoms with Gasteiger partial charge in [0.25, 0.3) is 0 Å². The van der Waals surface area contributed by atoms with E-state index in [0.717, 1.165) is 0 Å². The van der Waals surface area contributed by atoms with Crippen molar-refractivity contribution in [3.63, 3.8) is 0 Å². The highest BCUT2D eigenvalue weighted by molar-refractivity contribution is 6.05. The van der Waals surface area contributed by atoms with Crippen LogP contribution in [0.2, 0.25) is 0 Å². The molecule has 0 atom stereocenters. The molecule has 0 aliphatic carbocycles. The summed E-state index contributed by atoms with van der Waals surface area (Å²) in [4.78, 5) is 21.0. The molecule has 0 rings (SSSR count). The van der Waals surface area contributed by atoms with Gasteiger partial charge in [0.1, 0.15) is 0 Å². The Labute approximate surface area is 68.7 Å². The molecule has 0 aliphatic rings. The molecule has 0 saturated heterocycles. The van der Waals surface area contributed by atoms with Crippen LogP contribution in [0.5, 0.6) is 0 Å². The minimum Gasteiger partial charge on any atom is -0.461 e. The lowest BCUT2D eigenvalue weighted by Crippen LogP contribution is -2.38. The Bertz CT molecular complexity index is 189. The van der Waals surface area contributed by atoms with E-state index in [1.165, 1.54) is 13.8 Å². The third kappa shape index (κ3) is 2.25. The second-order valence-corrected chi connectivity index (χ2v) is 2.07. The third-order valence-electron chi connectivity index (χ3n) is 1.20. The molecule has 12 heavy (non-hydrogen) atoms. The van der Waals surface area contributed by atoms with E-state index < -0.39 is 17.7 Å². The molecule has 0 heterocycles. The molecule has 0 amide bonds. The van der Waals surface area contributed by atoms with Gasteiger partial charge >= 0.3 is 11.9 Å². The molecule has 0 aromatic heterocycles. The first-order valence-electron chi connectivity index (χ1n) is 3.55. The number of ketones is 1. The Hall–Kier alpha value is -1.00. The molecule has 0 aromatic rings. The van der Waals surface area contributed by atoms with Gasteiger partial charge in [0.05, 0.1) is 6.61 Å². The normalized spacial score (nSPS) is 11.0. The highest BCUT2D eigenvalue weighted by Crippen LogP contribution is 2.18. The molecule has 0 saturated carbocycles. The smallest absolute Gasteiger partial charge is 0.399 e. The quantitative estimate of drug-likeness (QED) is 0.481. The van der Waals surface area contributed by atoms with E-state index in [-0.39, 0.29) is 13.0 Å². The standard InChI is InChI=1S/C7H10F2O3/c1-3-5(10)7(8,9)6(11)12-4-2/h3-4H2,1-2H3. The fraction of sp³-hybridized carbons (Fsp3) is 0.714. The second kappa shape index (κ2) is 4.13. The first-order chi connectivity index (χ1) is 5.46. The average Bonchev–Trinajstić information content (AvgIpc) is 2.03. The number of esters is 1. The van der Waals surface area contributed by atoms with Crippen LogP contribution in [0.3, 0.4) is 0 Å². The lowest BCUT2D eigenvalue weighted by Gasteiger charge is -2.11. The maximum atomic E-state index is 12.6. The largest absolute Gasteiger partial charge is 0.461 e. The van der Waals surface area contributed by atoms with Crippen LogP contribution in [0, 0.1) is 0 Å². The Morgan fingerprint density at radius 3 is 2.17 bits per heavy atom. The van der Waals surface area contributed by atoms with Crippen molar-refractivity contribution in [1.82, 2.24) is 0 Å². The summed E-state index contributed by atoms with van der Waals surface area (Å²) in [6.45, 7) is 2.49. The van der Waals surface area contributed by atoms with Crippen LogP contribution in [-0.2, 0) is 14.3 Å². The number of Topliss-reactive ketones (excluding diaryl/α,β-unsaturated/α-hetero) is 1. The van der Waals surface area contributed by atoms with Gasteiger partial charge in [-0.25, -0.2) is 4.79 Å². The first-order valence-corrected chi connectivity index (χ1v) is 3.55. The van der Waals surface area contributed by atoms with Gasteiger partial charge in [-0.1, -0.05) is 6.92 Å². The summed E-state index contributed by atoms with van der Waals surface area (Å²) in [5.41, 5.74) is 0. The van der Waals surface area contributed by atoms with E-state index in [2.05, 4.69) is 4.74 Å². The third-order valence-corrected chi connectivity index (χ3v) is 1.20. The molecule has 0 fully saturated rings. The fourth-order valence-corrected chi connectivity index (χ4v) is 0.558. The minimum absolute atomic E-state index is 0.161. The van der Waals surface area contributed by atoms with Crippen LogP contribution in [0.25, 0.3) is 0 Å². The molecule has 5 heteroatoms. The fourth-order valence-electron chi connectivity index (χ4n) is 0.558. The molecule has 0 bridgehead atoms. The van der Waals surface area contributed by atoms with Gasteiger partial charge in [-0.2, -0.15) is 8.78 Å². The van der Waals surface area contributed by atoms with Crippen molar-refractivity contribution in [1.29, 1.82) is 0 Å². The molecule has 0 aromatic carbocycles.